The van der Waals surface area contributed by atoms with Crippen molar-refractivity contribution in [1.82, 2.24) is 0 Å². The molecular weight excluding hydrogens is 336 g/mol. The van der Waals surface area contributed by atoms with Gasteiger partial charge in [0.15, 0.2) is 0 Å². The van der Waals surface area contributed by atoms with E-state index in [4.69, 9.17) is 4.74 Å². The lowest BCUT2D eigenvalue weighted by atomic mass is 9.78. The van der Waals surface area contributed by atoms with Crippen LogP contribution in [0.4, 0.5) is 0 Å². The number of rotatable bonds is 4. The first-order valence-electron chi connectivity index (χ1n) is 9.25. The van der Waals surface area contributed by atoms with Crippen molar-refractivity contribution >= 4 is 12.0 Å². The standard InChI is InChI=1S/C24H30O3/c1-23(2,3)19-14-18(15-20(22(19)26)24(4,5)6)16-27-21(25)13-12-17-10-8-7-9-11-17/h7-15,26H,16H2,1-6H3/b13-12+. The normalized spacial score (nSPS) is 12.4. The van der Waals surface area contributed by atoms with E-state index in [9.17, 15) is 9.90 Å². The second kappa shape index (κ2) is 7.99. The number of hydrogen-bond donors (Lipinski definition) is 1. The van der Waals surface area contributed by atoms with E-state index < -0.39 is 0 Å². The zero-order chi connectivity index (χ0) is 20.2. The van der Waals surface area contributed by atoms with Crippen LogP contribution >= 0.6 is 0 Å². The molecule has 0 heterocycles. The largest absolute Gasteiger partial charge is 0.507 e. The predicted octanol–water partition coefficient (Wildman–Crippen LogP) is 5.74. The van der Waals surface area contributed by atoms with Crippen molar-refractivity contribution in [2.45, 2.75) is 59.0 Å². The molecule has 0 aliphatic rings. The highest BCUT2D eigenvalue weighted by atomic mass is 16.5. The van der Waals surface area contributed by atoms with Crippen LogP contribution in [0.15, 0.2) is 48.5 Å². The van der Waals surface area contributed by atoms with E-state index in [2.05, 4.69) is 41.5 Å². The van der Waals surface area contributed by atoms with E-state index in [0.29, 0.717) is 5.75 Å². The van der Waals surface area contributed by atoms with Gasteiger partial charge in [-0.1, -0.05) is 71.9 Å². The van der Waals surface area contributed by atoms with Crippen molar-refractivity contribution in [2.24, 2.45) is 0 Å². The van der Waals surface area contributed by atoms with Crippen LogP contribution in [0, 0.1) is 0 Å². The van der Waals surface area contributed by atoms with Crippen LogP contribution in [-0.4, -0.2) is 11.1 Å². The van der Waals surface area contributed by atoms with E-state index in [1.807, 2.05) is 42.5 Å². The molecule has 0 fully saturated rings. The first-order chi connectivity index (χ1) is 12.5. The Balaban J connectivity index is 2.20. The molecule has 2 aromatic rings. The van der Waals surface area contributed by atoms with Gasteiger partial charge in [-0.3, -0.25) is 0 Å². The maximum atomic E-state index is 12.1. The number of phenols is 1. The summed E-state index contributed by atoms with van der Waals surface area (Å²) in [6.45, 7) is 12.5. The highest BCUT2D eigenvalue weighted by Gasteiger charge is 2.26. The van der Waals surface area contributed by atoms with Gasteiger partial charge in [0.2, 0.25) is 0 Å². The lowest BCUT2D eigenvalue weighted by Crippen LogP contribution is -2.18. The summed E-state index contributed by atoms with van der Waals surface area (Å²) >= 11 is 0. The predicted molar refractivity (Wildman–Crippen MR) is 111 cm³/mol. The summed E-state index contributed by atoms with van der Waals surface area (Å²) in [5.41, 5.74) is 3.13. The van der Waals surface area contributed by atoms with Crippen molar-refractivity contribution in [1.29, 1.82) is 0 Å². The minimum Gasteiger partial charge on any atom is -0.507 e. The Morgan fingerprint density at radius 1 is 0.963 bits per heavy atom. The van der Waals surface area contributed by atoms with Gasteiger partial charge in [0.05, 0.1) is 0 Å². The van der Waals surface area contributed by atoms with Gasteiger partial charge in [-0.25, -0.2) is 4.79 Å². The number of esters is 1. The van der Waals surface area contributed by atoms with E-state index >= 15 is 0 Å². The minimum absolute atomic E-state index is 0.171. The quantitative estimate of drug-likeness (QED) is 0.554. The summed E-state index contributed by atoms with van der Waals surface area (Å²) < 4.78 is 5.42. The third kappa shape index (κ3) is 5.72. The summed E-state index contributed by atoms with van der Waals surface area (Å²) in [7, 11) is 0. The molecular formula is C24H30O3. The smallest absolute Gasteiger partial charge is 0.331 e. The van der Waals surface area contributed by atoms with Crippen LogP contribution < -0.4 is 0 Å². The van der Waals surface area contributed by atoms with Crippen molar-refractivity contribution < 1.29 is 14.6 Å². The Hall–Kier alpha value is -2.55. The van der Waals surface area contributed by atoms with E-state index in [0.717, 1.165) is 22.3 Å². The fourth-order valence-electron chi connectivity index (χ4n) is 2.85. The first kappa shape index (κ1) is 20.8. The zero-order valence-electron chi connectivity index (χ0n) is 17.2. The van der Waals surface area contributed by atoms with Crippen LogP contribution in [0.5, 0.6) is 5.75 Å². The molecule has 144 valence electrons. The molecule has 2 rings (SSSR count). The summed E-state index contributed by atoms with van der Waals surface area (Å²) in [5, 5.41) is 10.8. The van der Waals surface area contributed by atoms with Crippen molar-refractivity contribution in [2.75, 3.05) is 0 Å². The molecule has 3 nitrogen and oxygen atoms in total. The van der Waals surface area contributed by atoms with Crippen molar-refractivity contribution in [3.8, 4) is 5.75 Å². The number of carbonyl (C=O) groups excluding carboxylic acids is 1. The summed E-state index contributed by atoms with van der Waals surface area (Å²) in [4.78, 5) is 12.1. The average molecular weight is 367 g/mol. The number of aromatic hydroxyl groups is 1. The molecule has 0 aromatic heterocycles. The Kier molecular flexibility index (Phi) is 6.15. The monoisotopic (exact) mass is 366 g/mol. The van der Waals surface area contributed by atoms with Gasteiger partial charge < -0.3 is 9.84 Å². The van der Waals surface area contributed by atoms with E-state index in [1.165, 1.54) is 6.08 Å². The average Bonchev–Trinajstić information content (AvgIpc) is 2.58. The molecule has 0 unspecified atom stereocenters. The molecule has 3 heteroatoms. The lowest BCUT2D eigenvalue weighted by Gasteiger charge is -2.28. The van der Waals surface area contributed by atoms with Gasteiger partial charge >= 0.3 is 5.97 Å². The molecule has 0 bridgehead atoms. The molecule has 27 heavy (non-hydrogen) atoms. The van der Waals surface area contributed by atoms with Gasteiger partial charge in [-0.15, -0.1) is 0 Å². The molecule has 0 radical (unpaired) electrons. The second-order valence-corrected chi connectivity index (χ2v) is 8.89. The van der Waals surface area contributed by atoms with Crippen molar-refractivity contribution in [3.05, 3.63) is 70.8 Å². The Morgan fingerprint density at radius 3 is 1.96 bits per heavy atom. The number of benzene rings is 2. The fourth-order valence-corrected chi connectivity index (χ4v) is 2.85. The molecule has 0 atom stereocenters. The number of carbonyl (C=O) groups is 1. The van der Waals surface area contributed by atoms with Crippen LogP contribution in [0.3, 0.4) is 0 Å². The maximum absolute atomic E-state index is 12.1. The Bertz CT molecular complexity index is 784. The SMILES string of the molecule is CC(C)(C)c1cc(COC(=O)/C=C/c2ccccc2)cc(C(C)(C)C)c1O. The Morgan fingerprint density at radius 2 is 1.48 bits per heavy atom. The van der Waals surface area contributed by atoms with Crippen LogP contribution in [0.1, 0.15) is 63.8 Å². The first-order valence-corrected chi connectivity index (χ1v) is 9.25. The van der Waals surface area contributed by atoms with Gasteiger partial charge in [-0.2, -0.15) is 0 Å². The van der Waals surface area contributed by atoms with Crippen LogP contribution in [0.25, 0.3) is 6.08 Å². The molecule has 0 saturated carbocycles. The fraction of sp³-hybridized carbons (Fsp3) is 0.375. The van der Waals surface area contributed by atoms with E-state index in [-0.39, 0.29) is 23.4 Å². The third-order valence-corrected chi connectivity index (χ3v) is 4.38. The van der Waals surface area contributed by atoms with Crippen LogP contribution in [0.2, 0.25) is 0 Å². The summed E-state index contributed by atoms with van der Waals surface area (Å²) in [6.07, 6.45) is 3.17. The molecule has 0 aliphatic heterocycles. The third-order valence-electron chi connectivity index (χ3n) is 4.38. The van der Waals surface area contributed by atoms with Gasteiger partial charge in [-0.05, 0) is 51.3 Å². The van der Waals surface area contributed by atoms with Gasteiger partial charge in [0, 0.05) is 6.08 Å². The molecule has 0 amide bonds. The topological polar surface area (TPSA) is 46.5 Å². The number of phenolic OH excluding ortho intramolecular Hbond substituents is 1. The maximum Gasteiger partial charge on any atom is 0.331 e. The minimum atomic E-state index is -0.387. The molecule has 0 saturated heterocycles. The van der Waals surface area contributed by atoms with Gasteiger partial charge in [0.1, 0.15) is 12.4 Å². The zero-order valence-corrected chi connectivity index (χ0v) is 17.2. The highest BCUT2D eigenvalue weighted by molar-refractivity contribution is 5.87. The number of ether oxygens (including phenoxy) is 1. The van der Waals surface area contributed by atoms with Crippen LogP contribution in [-0.2, 0) is 27.0 Å². The molecule has 1 N–H and O–H groups in total. The molecule has 0 spiro atoms. The van der Waals surface area contributed by atoms with Gasteiger partial charge in [0.25, 0.3) is 0 Å². The Labute approximate surface area is 162 Å². The van der Waals surface area contributed by atoms with Crippen molar-refractivity contribution in [3.63, 3.8) is 0 Å². The highest BCUT2D eigenvalue weighted by Crippen LogP contribution is 2.39. The second-order valence-electron chi connectivity index (χ2n) is 8.89. The van der Waals surface area contributed by atoms with E-state index in [1.54, 1.807) is 6.08 Å². The lowest BCUT2D eigenvalue weighted by molar-refractivity contribution is -0.138. The summed E-state index contributed by atoms with van der Waals surface area (Å²) in [5.74, 6) is -0.0596. The molecule has 0 aliphatic carbocycles. The molecule has 2 aromatic carbocycles. The summed E-state index contributed by atoms with van der Waals surface area (Å²) in [6, 6.07) is 13.5. The number of hydrogen-bond acceptors (Lipinski definition) is 3.